The van der Waals surface area contributed by atoms with Crippen molar-refractivity contribution in [2.45, 2.75) is 17.7 Å². The van der Waals surface area contributed by atoms with Gasteiger partial charge in [-0.1, -0.05) is 0 Å². The first kappa shape index (κ1) is 9.45. The molecule has 2 rings (SSSR count). The van der Waals surface area contributed by atoms with E-state index in [0.717, 1.165) is 25.4 Å². The Morgan fingerprint density at radius 3 is 2.57 bits per heavy atom. The Morgan fingerprint density at radius 2 is 2.14 bits per heavy atom. The average Bonchev–Trinajstić information content (AvgIpc) is 2.79. The zero-order valence-corrected chi connectivity index (χ0v) is 8.50. The molecule has 0 aliphatic heterocycles. The molecule has 0 aromatic carbocycles. The third-order valence-corrected chi connectivity index (χ3v) is 3.26. The highest BCUT2D eigenvalue weighted by Crippen LogP contribution is 2.33. The molecule has 0 saturated heterocycles. The molecule has 1 heterocycles. The number of hydrogen-bond donors (Lipinski definition) is 0. The minimum absolute atomic E-state index is 0.0496. The molecule has 1 aliphatic rings. The second-order valence-corrected chi connectivity index (χ2v) is 5.57. The SMILES string of the molecule is CS(=O)(=O)c1coc(C(=O)C2CC2)c1. The second-order valence-electron chi connectivity index (χ2n) is 3.56. The van der Waals surface area contributed by atoms with Gasteiger partial charge in [0.15, 0.2) is 15.6 Å². The molecule has 5 heteroatoms. The molecule has 0 spiro atoms. The average molecular weight is 214 g/mol. The van der Waals surface area contributed by atoms with Gasteiger partial charge in [0.1, 0.15) is 11.2 Å². The first-order valence-electron chi connectivity index (χ1n) is 4.31. The molecule has 1 aromatic rings. The van der Waals surface area contributed by atoms with Crippen LogP contribution in [0, 0.1) is 5.92 Å². The summed E-state index contributed by atoms with van der Waals surface area (Å²) in [6.07, 6.45) is 3.97. The molecule has 0 radical (unpaired) electrons. The van der Waals surface area contributed by atoms with Crippen molar-refractivity contribution in [1.82, 2.24) is 0 Å². The Labute approximate surface area is 81.8 Å². The third kappa shape index (κ3) is 1.72. The molecular formula is C9H10O4S. The lowest BCUT2D eigenvalue weighted by Crippen LogP contribution is -1.99. The van der Waals surface area contributed by atoms with Crippen molar-refractivity contribution in [3.8, 4) is 0 Å². The van der Waals surface area contributed by atoms with Crippen LogP contribution < -0.4 is 0 Å². The van der Waals surface area contributed by atoms with Gasteiger partial charge in [0, 0.05) is 18.2 Å². The summed E-state index contributed by atoms with van der Waals surface area (Å²) in [6.45, 7) is 0. The third-order valence-electron chi connectivity index (χ3n) is 2.19. The van der Waals surface area contributed by atoms with Crippen molar-refractivity contribution >= 4 is 15.6 Å². The van der Waals surface area contributed by atoms with Gasteiger partial charge in [-0.3, -0.25) is 4.79 Å². The maximum Gasteiger partial charge on any atom is 0.201 e. The van der Waals surface area contributed by atoms with Crippen molar-refractivity contribution < 1.29 is 17.6 Å². The fourth-order valence-electron chi connectivity index (χ4n) is 1.19. The Balaban J connectivity index is 2.29. The van der Waals surface area contributed by atoms with E-state index in [0.29, 0.717) is 0 Å². The van der Waals surface area contributed by atoms with Gasteiger partial charge >= 0.3 is 0 Å². The standard InChI is InChI=1S/C9H10O4S/c1-14(11,12)7-4-8(13-5-7)9(10)6-2-3-6/h4-6H,2-3H2,1H3. The number of carbonyl (C=O) groups excluding carboxylic acids is 1. The summed E-state index contributed by atoms with van der Waals surface area (Å²) in [7, 11) is -3.27. The van der Waals surface area contributed by atoms with E-state index < -0.39 is 9.84 Å². The van der Waals surface area contributed by atoms with Crippen LogP contribution in [0.15, 0.2) is 21.6 Å². The minimum atomic E-state index is -3.27. The summed E-state index contributed by atoms with van der Waals surface area (Å²) in [4.78, 5) is 11.5. The predicted molar refractivity (Wildman–Crippen MR) is 48.9 cm³/mol. The summed E-state index contributed by atoms with van der Waals surface area (Å²) in [5.41, 5.74) is 0. The van der Waals surface area contributed by atoms with E-state index in [9.17, 15) is 13.2 Å². The highest BCUT2D eigenvalue weighted by atomic mass is 32.2. The van der Waals surface area contributed by atoms with Gasteiger partial charge in [-0.15, -0.1) is 0 Å². The van der Waals surface area contributed by atoms with Gasteiger partial charge in [-0.05, 0) is 12.8 Å². The minimum Gasteiger partial charge on any atom is -0.460 e. The van der Waals surface area contributed by atoms with E-state index in [1.165, 1.54) is 6.07 Å². The van der Waals surface area contributed by atoms with Gasteiger partial charge in [0.05, 0.1) is 0 Å². The maximum atomic E-state index is 11.5. The number of ketones is 1. The van der Waals surface area contributed by atoms with Crippen molar-refractivity contribution in [2.75, 3.05) is 6.26 Å². The molecular weight excluding hydrogens is 204 g/mol. The van der Waals surface area contributed by atoms with Crippen LogP contribution in [-0.2, 0) is 9.84 Å². The van der Waals surface area contributed by atoms with Crippen LogP contribution in [0.3, 0.4) is 0 Å². The van der Waals surface area contributed by atoms with E-state index in [-0.39, 0.29) is 22.4 Å². The number of carbonyl (C=O) groups is 1. The van der Waals surface area contributed by atoms with Crippen LogP contribution in [-0.4, -0.2) is 20.5 Å². The molecule has 1 aromatic heterocycles. The smallest absolute Gasteiger partial charge is 0.201 e. The van der Waals surface area contributed by atoms with Crippen LogP contribution in [0.2, 0.25) is 0 Å². The fraction of sp³-hybridized carbons (Fsp3) is 0.444. The number of sulfone groups is 1. The molecule has 1 aliphatic carbocycles. The van der Waals surface area contributed by atoms with Gasteiger partial charge in [0.25, 0.3) is 0 Å². The van der Waals surface area contributed by atoms with Crippen molar-refractivity contribution in [1.29, 1.82) is 0 Å². The van der Waals surface area contributed by atoms with E-state index in [1.54, 1.807) is 0 Å². The molecule has 1 fully saturated rings. The molecule has 76 valence electrons. The largest absolute Gasteiger partial charge is 0.460 e. The Hall–Kier alpha value is -1.10. The second kappa shape index (κ2) is 2.95. The van der Waals surface area contributed by atoms with E-state index in [4.69, 9.17) is 4.42 Å². The lowest BCUT2D eigenvalue weighted by molar-refractivity contribution is 0.0940. The first-order chi connectivity index (χ1) is 6.48. The Bertz CT molecular complexity index is 465. The lowest BCUT2D eigenvalue weighted by Gasteiger charge is -1.89. The number of hydrogen-bond acceptors (Lipinski definition) is 4. The number of furan rings is 1. The molecule has 0 N–H and O–H groups in total. The van der Waals surface area contributed by atoms with Crippen LogP contribution >= 0.6 is 0 Å². The zero-order chi connectivity index (χ0) is 10.3. The Kier molecular flexibility index (Phi) is 1.99. The molecule has 0 amide bonds. The van der Waals surface area contributed by atoms with Gasteiger partial charge in [-0.25, -0.2) is 8.42 Å². The van der Waals surface area contributed by atoms with Crippen LogP contribution in [0.4, 0.5) is 0 Å². The summed E-state index contributed by atoms with van der Waals surface area (Å²) in [6, 6.07) is 1.30. The fourth-order valence-corrected chi connectivity index (χ4v) is 1.73. The Morgan fingerprint density at radius 1 is 1.50 bits per heavy atom. The molecule has 1 saturated carbocycles. The quantitative estimate of drug-likeness (QED) is 0.711. The maximum absolute atomic E-state index is 11.5. The number of Topliss-reactive ketones (excluding diaryl/α,β-unsaturated/α-hetero) is 1. The predicted octanol–water partition coefficient (Wildman–Crippen LogP) is 1.28. The zero-order valence-electron chi connectivity index (χ0n) is 7.69. The van der Waals surface area contributed by atoms with Gasteiger partial charge in [-0.2, -0.15) is 0 Å². The monoisotopic (exact) mass is 214 g/mol. The molecule has 4 nitrogen and oxygen atoms in total. The van der Waals surface area contributed by atoms with Crippen molar-refractivity contribution in [3.05, 3.63) is 18.1 Å². The van der Waals surface area contributed by atoms with Crippen LogP contribution in [0.1, 0.15) is 23.4 Å². The summed E-state index contributed by atoms with van der Waals surface area (Å²) in [5.74, 6) is 0.126. The molecule has 14 heavy (non-hydrogen) atoms. The first-order valence-corrected chi connectivity index (χ1v) is 6.20. The van der Waals surface area contributed by atoms with Crippen LogP contribution in [0.5, 0.6) is 0 Å². The lowest BCUT2D eigenvalue weighted by atomic mass is 10.2. The van der Waals surface area contributed by atoms with E-state index >= 15 is 0 Å². The van der Waals surface area contributed by atoms with Gasteiger partial charge < -0.3 is 4.42 Å². The summed E-state index contributed by atoms with van der Waals surface area (Å²) >= 11 is 0. The summed E-state index contributed by atoms with van der Waals surface area (Å²) < 4.78 is 27.1. The van der Waals surface area contributed by atoms with Gasteiger partial charge in [0.2, 0.25) is 5.78 Å². The van der Waals surface area contributed by atoms with E-state index in [1.807, 2.05) is 0 Å². The highest BCUT2D eigenvalue weighted by Gasteiger charge is 2.32. The summed E-state index contributed by atoms with van der Waals surface area (Å²) in [5, 5.41) is 0. The highest BCUT2D eigenvalue weighted by molar-refractivity contribution is 7.90. The van der Waals surface area contributed by atoms with E-state index in [2.05, 4.69) is 0 Å². The molecule has 0 unspecified atom stereocenters. The normalized spacial score (nSPS) is 16.9. The topological polar surface area (TPSA) is 64.3 Å². The van der Waals surface area contributed by atoms with Crippen molar-refractivity contribution in [2.24, 2.45) is 5.92 Å². The van der Waals surface area contributed by atoms with Crippen LogP contribution in [0.25, 0.3) is 0 Å². The molecule has 0 atom stereocenters. The number of rotatable bonds is 3. The van der Waals surface area contributed by atoms with Crippen molar-refractivity contribution in [3.63, 3.8) is 0 Å². The molecule has 0 bridgehead atoms.